The van der Waals surface area contributed by atoms with Crippen LogP contribution in [0.5, 0.6) is 11.5 Å². The van der Waals surface area contributed by atoms with E-state index in [2.05, 4.69) is 5.32 Å². The highest BCUT2D eigenvalue weighted by Crippen LogP contribution is 2.27. The third kappa shape index (κ3) is 3.79. The number of anilines is 1. The van der Waals surface area contributed by atoms with Gasteiger partial charge >= 0.3 is 5.97 Å². The Bertz CT molecular complexity index is 755. The summed E-state index contributed by atoms with van der Waals surface area (Å²) in [6, 6.07) is 9.40. The van der Waals surface area contributed by atoms with Gasteiger partial charge in [0, 0.05) is 11.3 Å². The summed E-state index contributed by atoms with van der Waals surface area (Å²) in [5, 5.41) is 21.4. The largest absolute Gasteiger partial charge is 0.507 e. The van der Waals surface area contributed by atoms with Crippen LogP contribution in [-0.2, 0) is 0 Å². The van der Waals surface area contributed by atoms with E-state index in [0.29, 0.717) is 29.2 Å². The third-order valence-corrected chi connectivity index (χ3v) is 3.20. The molecule has 6 heteroatoms. The molecule has 2 rings (SSSR count). The number of hydrogen-bond donors (Lipinski definition) is 3. The quantitative estimate of drug-likeness (QED) is 0.737. The van der Waals surface area contributed by atoms with Crippen molar-refractivity contribution in [3.63, 3.8) is 0 Å². The van der Waals surface area contributed by atoms with Crippen molar-refractivity contribution in [2.24, 2.45) is 0 Å². The topological polar surface area (TPSA) is 95.9 Å². The van der Waals surface area contributed by atoms with Crippen LogP contribution in [0.1, 0.15) is 33.2 Å². The van der Waals surface area contributed by atoms with Crippen LogP contribution in [0.15, 0.2) is 36.4 Å². The number of aromatic carboxylic acids is 1. The lowest BCUT2D eigenvalue weighted by Crippen LogP contribution is -2.13. The van der Waals surface area contributed by atoms with Crippen molar-refractivity contribution in [3.05, 3.63) is 53.1 Å². The second kappa shape index (κ2) is 6.83. The van der Waals surface area contributed by atoms with Gasteiger partial charge < -0.3 is 20.3 Å². The molecule has 0 unspecified atom stereocenters. The van der Waals surface area contributed by atoms with E-state index in [1.165, 1.54) is 12.1 Å². The minimum Gasteiger partial charge on any atom is -0.507 e. The van der Waals surface area contributed by atoms with Crippen LogP contribution in [0, 0.1) is 6.92 Å². The van der Waals surface area contributed by atoms with Crippen molar-refractivity contribution in [3.8, 4) is 11.5 Å². The van der Waals surface area contributed by atoms with E-state index >= 15 is 0 Å². The average molecular weight is 315 g/mol. The maximum Gasteiger partial charge on any atom is 0.339 e. The zero-order valence-corrected chi connectivity index (χ0v) is 12.8. The second-order valence-corrected chi connectivity index (χ2v) is 4.91. The first-order valence-electron chi connectivity index (χ1n) is 7.03. The van der Waals surface area contributed by atoms with Gasteiger partial charge in [-0.3, -0.25) is 4.79 Å². The molecule has 0 aliphatic carbocycles. The number of nitrogens with one attached hydrogen (secondary N) is 1. The van der Waals surface area contributed by atoms with Gasteiger partial charge in [0.1, 0.15) is 17.1 Å². The number of hydrogen-bond acceptors (Lipinski definition) is 4. The van der Waals surface area contributed by atoms with E-state index in [9.17, 15) is 14.7 Å². The minimum atomic E-state index is -1.26. The Morgan fingerprint density at radius 1 is 1.22 bits per heavy atom. The van der Waals surface area contributed by atoms with Gasteiger partial charge in [-0.1, -0.05) is 6.07 Å². The molecule has 23 heavy (non-hydrogen) atoms. The SMILES string of the molecule is CCOc1cccc(C(=O)Nc2cc(C)c(O)c(C(=O)O)c2)c1. The predicted molar refractivity (Wildman–Crippen MR) is 85.4 cm³/mol. The molecule has 2 aromatic rings. The van der Waals surface area contributed by atoms with Crippen LogP contribution in [0.3, 0.4) is 0 Å². The lowest BCUT2D eigenvalue weighted by molar-refractivity contribution is 0.0693. The molecule has 0 aliphatic heterocycles. The molecule has 0 aromatic heterocycles. The van der Waals surface area contributed by atoms with Crippen molar-refractivity contribution in [1.82, 2.24) is 0 Å². The maximum atomic E-state index is 12.3. The van der Waals surface area contributed by atoms with Crippen LogP contribution in [0.25, 0.3) is 0 Å². The van der Waals surface area contributed by atoms with Crippen LogP contribution >= 0.6 is 0 Å². The Labute approximate surface area is 133 Å². The van der Waals surface area contributed by atoms with Crippen LogP contribution in [-0.4, -0.2) is 28.7 Å². The summed E-state index contributed by atoms with van der Waals surface area (Å²) in [5.74, 6) is -1.39. The number of carbonyl (C=O) groups is 2. The molecular formula is C17H17NO5. The highest BCUT2D eigenvalue weighted by molar-refractivity contribution is 6.05. The standard InChI is InChI=1S/C17H17NO5/c1-3-23-13-6-4-5-11(8-13)16(20)18-12-7-10(2)15(19)14(9-12)17(21)22/h4-9,19H,3H2,1-2H3,(H,18,20)(H,21,22). The number of phenols is 1. The van der Waals surface area contributed by atoms with Gasteiger partial charge in [-0.25, -0.2) is 4.79 Å². The first-order chi connectivity index (χ1) is 10.9. The van der Waals surface area contributed by atoms with Crippen LogP contribution in [0.2, 0.25) is 0 Å². The highest BCUT2D eigenvalue weighted by Gasteiger charge is 2.15. The van der Waals surface area contributed by atoms with Gasteiger partial charge in [0.05, 0.1) is 6.61 Å². The van der Waals surface area contributed by atoms with E-state index in [1.54, 1.807) is 31.2 Å². The molecule has 0 heterocycles. The molecule has 0 aliphatic rings. The van der Waals surface area contributed by atoms with Crippen LogP contribution in [0.4, 0.5) is 5.69 Å². The summed E-state index contributed by atoms with van der Waals surface area (Å²) in [4.78, 5) is 23.4. The minimum absolute atomic E-state index is 0.261. The van der Waals surface area contributed by atoms with Gasteiger partial charge in [-0.2, -0.15) is 0 Å². The number of rotatable bonds is 5. The summed E-state index contributed by atoms with van der Waals surface area (Å²) >= 11 is 0. The fraction of sp³-hybridized carbons (Fsp3) is 0.176. The lowest BCUT2D eigenvalue weighted by Gasteiger charge is -2.10. The molecule has 1 amide bonds. The number of benzene rings is 2. The van der Waals surface area contributed by atoms with Crippen molar-refractivity contribution in [2.75, 3.05) is 11.9 Å². The van der Waals surface area contributed by atoms with Gasteiger partial charge in [0.2, 0.25) is 0 Å². The van der Waals surface area contributed by atoms with Crippen molar-refractivity contribution < 1.29 is 24.5 Å². The number of aromatic hydroxyl groups is 1. The molecule has 0 spiro atoms. The summed E-state index contributed by atoms with van der Waals surface area (Å²) in [6.45, 7) is 3.90. The molecule has 6 nitrogen and oxygen atoms in total. The fourth-order valence-corrected chi connectivity index (χ4v) is 2.11. The van der Waals surface area contributed by atoms with Gasteiger partial charge in [-0.15, -0.1) is 0 Å². The molecule has 2 aromatic carbocycles. The van der Waals surface area contributed by atoms with Crippen molar-refractivity contribution in [1.29, 1.82) is 0 Å². The molecule has 0 atom stereocenters. The molecule has 0 fully saturated rings. The van der Waals surface area contributed by atoms with E-state index in [0.717, 1.165) is 0 Å². The van der Waals surface area contributed by atoms with E-state index in [1.807, 2.05) is 6.92 Å². The maximum absolute atomic E-state index is 12.3. The number of amides is 1. The van der Waals surface area contributed by atoms with Gasteiger partial charge in [0.15, 0.2) is 0 Å². The zero-order valence-electron chi connectivity index (χ0n) is 12.8. The summed E-state index contributed by atoms with van der Waals surface area (Å²) in [7, 11) is 0. The Balaban J connectivity index is 2.27. The normalized spacial score (nSPS) is 10.2. The van der Waals surface area contributed by atoms with E-state index in [-0.39, 0.29) is 11.3 Å². The summed E-state index contributed by atoms with van der Waals surface area (Å²) < 4.78 is 5.34. The van der Waals surface area contributed by atoms with E-state index < -0.39 is 11.9 Å². The van der Waals surface area contributed by atoms with Crippen LogP contribution < -0.4 is 10.1 Å². The predicted octanol–water partition coefficient (Wildman–Crippen LogP) is 3.05. The number of carboxylic acid groups (broad SMARTS) is 1. The number of ether oxygens (including phenoxy) is 1. The molecule has 3 N–H and O–H groups in total. The molecular weight excluding hydrogens is 298 g/mol. The Hall–Kier alpha value is -3.02. The summed E-state index contributed by atoms with van der Waals surface area (Å²) in [6.07, 6.45) is 0. The molecule has 120 valence electrons. The zero-order chi connectivity index (χ0) is 17.0. The molecule has 0 saturated heterocycles. The first kappa shape index (κ1) is 16.4. The highest BCUT2D eigenvalue weighted by atomic mass is 16.5. The smallest absolute Gasteiger partial charge is 0.339 e. The van der Waals surface area contributed by atoms with Gasteiger partial charge in [-0.05, 0) is 49.7 Å². The Morgan fingerprint density at radius 2 is 1.96 bits per heavy atom. The third-order valence-electron chi connectivity index (χ3n) is 3.20. The number of carbonyl (C=O) groups excluding carboxylic acids is 1. The lowest BCUT2D eigenvalue weighted by atomic mass is 10.1. The summed E-state index contributed by atoms with van der Waals surface area (Å²) in [5.41, 5.74) is 0.787. The fourth-order valence-electron chi connectivity index (χ4n) is 2.11. The van der Waals surface area contributed by atoms with E-state index in [4.69, 9.17) is 9.84 Å². The molecule has 0 radical (unpaired) electrons. The second-order valence-electron chi connectivity index (χ2n) is 4.91. The molecule has 0 saturated carbocycles. The average Bonchev–Trinajstić information content (AvgIpc) is 2.51. The number of carboxylic acids is 1. The number of aryl methyl sites for hydroxylation is 1. The van der Waals surface area contributed by atoms with Crippen molar-refractivity contribution in [2.45, 2.75) is 13.8 Å². The van der Waals surface area contributed by atoms with Crippen molar-refractivity contribution >= 4 is 17.6 Å². The monoisotopic (exact) mass is 315 g/mol. The first-order valence-corrected chi connectivity index (χ1v) is 7.03. The Morgan fingerprint density at radius 3 is 2.61 bits per heavy atom. The Kier molecular flexibility index (Phi) is 4.85. The van der Waals surface area contributed by atoms with Gasteiger partial charge in [0.25, 0.3) is 5.91 Å². The molecule has 0 bridgehead atoms.